The molecule has 0 fully saturated rings. The Balaban J connectivity index is 1.18. The molecule has 5 nitrogen and oxygen atoms in total. The lowest BCUT2D eigenvalue weighted by Crippen LogP contribution is -2.10. The molecule has 0 aliphatic rings. The Hall–Kier alpha value is -7.11. The van der Waals surface area contributed by atoms with Gasteiger partial charge in [0.2, 0.25) is 5.89 Å². The van der Waals surface area contributed by atoms with Crippen molar-refractivity contribution in [2.45, 2.75) is 0 Å². The van der Waals surface area contributed by atoms with Crippen LogP contribution in [0.1, 0.15) is 0 Å². The zero-order valence-electron chi connectivity index (χ0n) is 27.8. The Kier molecular flexibility index (Phi) is 6.18. The van der Waals surface area contributed by atoms with Crippen LogP contribution in [0.25, 0.3) is 88.3 Å². The Morgan fingerprint density at radius 3 is 1.92 bits per heavy atom. The topological polar surface area (TPSA) is 55.6 Å². The zero-order valence-corrected chi connectivity index (χ0v) is 27.8. The van der Waals surface area contributed by atoms with Gasteiger partial charge in [-0.15, -0.1) is 0 Å². The second-order valence-corrected chi connectivity index (χ2v) is 13.1. The van der Waals surface area contributed by atoms with Gasteiger partial charge in [-0.05, 0) is 76.5 Å². The lowest BCUT2D eigenvalue weighted by atomic mass is 9.97. The van der Waals surface area contributed by atoms with Crippen molar-refractivity contribution in [2.75, 3.05) is 4.90 Å². The summed E-state index contributed by atoms with van der Waals surface area (Å²) in [5.74, 6) is 0.562. The fraction of sp³-hybridized carbons (Fsp3) is 0. The van der Waals surface area contributed by atoms with Crippen LogP contribution in [0, 0.1) is 0 Å². The highest BCUT2D eigenvalue weighted by Gasteiger charge is 2.25. The first-order valence-corrected chi connectivity index (χ1v) is 17.4. The van der Waals surface area contributed by atoms with Crippen molar-refractivity contribution in [3.8, 4) is 22.6 Å². The maximum absolute atomic E-state index is 6.85. The third-order valence-electron chi connectivity index (χ3n) is 10.1. The summed E-state index contributed by atoms with van der Waals surface area (Å²) in [5.41, 5.74) is 10.7. The average Bonchev–Trinajstić information content (AvgIpc) is 3.92. The number of furan rings is 2. The predicted octanol–water partition coefficient (Wildman–Crippen LogP) is 13.6. The number of fused-ring (bicyclic) bond motifs is 8. The highest BCUT2D eigenvalue weighted by atomic mass is 16.4. The van der Waals surface area contributed by atoms with Crippen molar-refractivity contribution >= 4 is 82.8 Å². The summed E-state index contributed by atoms with van der Waals surface area (Å²) >= 11 is 0. The molecule has 0 N–H and O–H groups in total. The molecule has 0 atom stereocenters. The number of benzene rings is 8. The lowest BCUT2D eigenvalue weighted by molar-refractivity contribution is 0.620. The molecule has 3 aromatic heterocycles. The number of para-hydroxylation sites is 5. The summed E-state index contributed by atoms with van der Waals surface area (Å²) in [7, 11) is 0. The summed E-state index contributed by atoms with van der Waals surface area (Å²) < 4.78 is 19.8. The number of hydrogen-bond donors (Lipinski definition) is 0. The molecule has 5 heteroatoms. The van der Waals surface area contributed by atoms with Gasteiger partial charge >= 0.3 is 0 Å². The van der Waals surface area contributed by atoms with Crippen LogP contribution in [0.2, 0.25) is 0 Å². The van der Waals surface area contributed by atoms with E-state index >= 15 is 0 Å². The third kappa shape index (κ3) is 4.33. The van der Waals surface area contributed by atoms with Crippen LogP contribution in [-0.2, 0) is 0 Å². The van der Waals surface area contributed by atoms with E-state index in [9.17, 15) is 0 Å². The molecule has 11 rings (SSSR count). The van der Waals surface area contributed by atoms with E-state index in [1.54, 1.807) is 0 Å². The normalized spacial score (nSPS) is 11.8. The van der Waals surface area contributed by atoms with Gasteiger partial charge in [0, 0.05) is 32.8 Å². The van der Waals surface area contributed by atoms with Gasteiger partial charge in [0.15, 0.2) is 16.7 Å². The van der Waals surface area contributed by atoms with Gasteiger partial charge in [0.25, 0.3) is 0 Å². The molecule has 0 amide bonds. The monoisotopic (exact) mass is 668 g/mol. The van der Waals surface area contributed by atoms with Gasteiger partial charge in [0.05, 0.1) is 11.4 Å². The summed E-state index contributed by atoms with van der Waals surface area (Å²) in [4.78, 5) is 7.12. The van der Waals surface area contributed by atoms with Crippen LogP contribution < -0.4 is 4.90 Å². The van der Waals surface area contributed by atoms with Crippen LogP contribution in [0.3, 0.4) is 0 Å². The Bertz CT molecular complexity index is 3130. The highest BCUT2D eigenvalue weighted by Crippen LogP contribution is 2.47. The minimum atomic E-state index is 0.562. The van der Waals surface area contributed by atoms with E-state index in [1.807, 2.05) is 48.5 Å². The number of hydrogen-bond acceptors (Lipinski definition) is 5. The molecule has 0 spiro atoms. The predicted molar refractivity (Wildman–Crippen MR) is 212 cm³/mol. The van der Waals surface area contributed by atoms with Gasteiger partial charge in [-0.1, -0.05) is 115 Å². The van der Waals surface area contributed by atoms with Crippen molar-refractivity contribution < 1.29 is 13.3 Å². The van der Waals surface area contributed by atoms with Gasteiger partial charge in [0.1, 0.15) is 16.7 Å². The number of aromatic nitrogens is 1. The molecule has 11 aromatic rings. The van der Waals surface area contributed by atoms with Crippen LogP contribution in [0.5, 0.6) is 0 Å². The summed E-state index contributed by atoms with van der Waals surface area (Å²) in [5, 5.41) is 6.47. The summed E-state index contributed by atoms with van der Waals surface area (Å²) in [6, 6.07) is 58.5. The molecule has 0 saturated carbocycles. The van der Waals surface area contributed by atoms with Gasteiger partial charge < -0.3 is 18.2 Å². The summed E-state index contributed by atoms with van der Waals surface area (Å²) in [6.07, 6.45) is 0. The molecular formula is C47H28N2O3. The van der Waals surface area contributed by atoms with Crippen LogP contribution >= 0.6 is 0 Å². The first-order chi connectivity index (χ1) is 25.8. The highest BCUT2D eigenvalue weighted by molar-refractivity contribution is 6.17. The molecule has 244 valence electrons. The lowest BCUT2D eigenvalue weighted by Gasteiger charge is -2.26. The first kappa shape index (κ1) is 28.7. The number of nitrogens with zero attached hydrogens (tertiary/aromatic N) is 2. The third-order valence-corrected chi connectivity index (χ3v) is 10.1. The van der Waals surface area contributed by atoms with E-state index in [0.717, 1.165) is 83.2 Å². The second kappa shape index (κ2) is 11.2. The number of rotatable bonds is 5. The van der Waals surface area contributed by atoms with Crippen molar-refractivity contribution in [3.05, 3.63) is 170 Å². The van der Waals surface area contributed by atoms with Gasteiger partial charge in [-0.2, -0.15) is 0 Å². The fourth-order valence-electron chi connectivity index (χ4n) is 7.78. The second-order valence-electron chi connectivity index (χ2n) is 13.1. The molecule has 52 heavy (non-hydrogen) atoms. The molecule has 0 aliphatic carbocycles. The van der Waals surface area contributed by atoms with E-state index < -0.39 is 0 Å². The molecule has 0 radical (unpaired) electrons. The molecular weight excluding hydrogens is 641 g/mol. The maximum Gasteiger partial charge on any atom is 0.228 e. The van der Waals surface area contributed by atoms with Crippen LogP contribution in [0.4, 0.5) is 17.1 Å². The van der Waals surface area contributed by atoms with E-state index in [-0.39, 0.29) is 0 Å². The summed E-state index contributed by atoms with van der Waals surface area (Å²) in [6.45, 7) is 0. The Morgan fingerprint density at radius 2 is 1.04 bits per heavy atom. The maximum atomic E-state index is 6.85. The Morgan fingerprint density at radius 1 is 0.423 bits per heavy atom. The van der Waals surface area contributed by atoms with Crippen molar-refractivity contribution in [1.29, 1.82) is 0 Å². The van der Waals surface area contributed by atoms with E-state index in [0.29, 0.717) is 5.89 Å². The minimum Gasteiger partial charge on any atom is -0.454 e. The largest absolute Gasteiger partial charge is 0.454 e. The van der Waals surface area contributed by atoms with Crippen LogP contribution in [-0.4, -0.2) is 4.98 Å². The molecule has 0 unspecified atom stereocenters. The minimum absolute atomic E-state index is 0.562. The Labute approximate surface area is 297 Å². The standard InChI is InChI=1S/C47H28N2O3/c1-2-16-32-29(12-1)13-8-18-33(32)30-14-7-15-31(28-30)49(39-23-9-19-35-34-17-3-5-25-41(34)50-45(35)39)40-24-10-20-36-44-37(21-11-27-43(44)51-46(36)40)47-48-38-22-4-6-26-42(38)52-47/h1-28H. The molecule has 8 aromatic carbocycles. The van der Waals surface area contributed by atoms with E-state index in [2.05, 4.69) is 126 Å². The van der Waals surface area contributed by atoms with Gasteiger partial charge in [-0.25, -0.2) is 4.98 Å². The zero-order chi connectivity index (χ0) is 34.2. The fourth-order valence-corrected chi connectivity index (χ4v) is 7.78. The van der Waals surface area contributed by atoms with Crippen molar-refractivity contribution in [3.63, 3.8) is 0 Å². The van der Waals surface area contributed by atoms with Gasteiger partial charge in [-0.3, -0.25) is 0 Å². The molecule has 3 heterocycles. The molecule has 0 aliphatic heterocycles. The number of oxazole rings is 1. The quantitative estimate of drug-likeness (QED) is 0.183. The SMILES string of the molecule is c1cc(-c2cccc3ccccc23)cc(N(c2cccc3c2oc2ccccc23)c2cccc3c2oc2cccc(-c4nc5ccccc5o4)c23)c1. The van der Waals surface area contributed by atoms with E-state index in [1.165, 1.54) is 16.3 Å². The molecule has 0 saturated heterocycles. The van der Waals surface area contributed by atoms with Crippen molar-refractivity contribution in [1.82, 2.24) is 4.98 Å². The smallest absolute Gasteiger partial charge is 0.228 e. The molecule has 0 bridgehead atoms. The van der Waals surface area contributed by atoms with Crippen molar-refractivity contribution in [2.24, 2.45) is 0 Å². The van der Waals surface area contributed by atoms with E-state index in [4.69, 9.17) is 18.2 Å². The van der Waals surface area contributed by atoms with Crippen LogP contribution in [0.15, 0.2) is 183 Å². The first-order valence-electron chi connectivity index (χ1n) is 17.4. The number of anilines is 3. The average molecular weight is 669 g/mol.